The van der Waals surface area contributed by atoms with Gasteiger partial charge in [0.25, 0.3) is 0 Å². The second-order valence-electron chi connectivity index (χ2n) is 4.18. The summed E-state index contributed by atoms with van der Waals surface area (Å²) < 4.78 is 0. The van der Waals surface area contributed by atoms with Crippen LogP contribution in [0, 0.1) is 0 Å². The van der Waals surface area contributed by atoms with E-state index in [0.29, 0.717) is 5.88 Å². The van der Waals surface area contributed by atoms with Crippen molar-refractivity contribution < 1.29 is 14.7 Å². The van der Waals surface area contributed by atoms with E-state index in [0.717, 1.165) is 12.2 Å². The van der Waals surface area contributed by atoms with Gasteiger partial charge in [-0.2, -0.15) is 0 Å². The summed E-state index contributed by atoms with van der Waals surface area (Å²) in [4.78, 5) is 24.1. The monoisotopic (exact) mass is 277 g/mol. The molecule has 1 aromatic carbocycles. The molecule has 2 rings (SSSR count). The summed E-state index contributed by atoms with van der Waals surface area (Å²) >= 11 is 1.66. The Morgan fingerprint density at radius 1 is 1.32 bits per heavy atom. The van der Waals surface area contributed by atoms with Gasteiger partial charge < -0.3 is 10.4 Å². The lowest BCUT2D eigenvalue weighted by Gasteiger charge is -2.17. The maximum atomic E-state index is 12.2. The number of thioether (sulfide) groups is 1. The predicted octanol–water partition coefficient (Wildman–Crippen LogP) is 2.35. The van der Waals surface area contributed by atoms with Crippen molar-refractivity contribution in [2.45, 2.75) is 13.3 Å². The van der Waals surface area contributed by atoms with Crippen LogP contribution in [0.3, 0.4) is 0 Å². The smallest absolute Gasteiger partial charge is 0.213 e. The number of phenolic OH excluding ortho intramolecular Hbond substituents is 1. The van der Waals surface area contributed by atoms with Crippen molar-refractivity contribution in [3.05, 3.63) is 41.1 Å². The van der Waals surface area contributed by atoms with Gasteiger partial charge in [0.15, 0.2) is 5.78 Å². The second kappa shape index (κ2) is 5.93. The highest BCUT2D eigenvalue weighted by atomic mass is 32.2. The van der Waals surface area contributed by atoms with Gasteiger partial charge in [0.2, 0.25) is 5.78 Å². The Morgan fingerprint density at radius 3 is 2.84 bits per heavy atom. The van der Waals surface area contributed by atoms with Gasteiger partial charge in [-0.15, -0.1) is 11.8 Å². The van der Waals surface area contributed by atoms with Gasteiger partial charge >= 0.3 is 0 Å². The Balaban J connectivity index is 2.19. The first-order chi connectivity index (χ1) is 9.15. The van der Waals surface area contributed by atoms with E-state index in [1.165, 1.54) is 12.1 Å². The van der Waals surface area contributed by atoms with Crippen LogP contribution in [0.15, 0.2) is 30.0 Å². The highest BCUT2D eigenvalue weighted by Crippen LogP contribution is 2.27. The number of Topliss-reactive ketones (excluding diaryl/α,β-unsaturated/α-hetero) is 1. The van der Waals surface area contributed by atoms with Gasteiger partial charge in [0.1, 0.15) is 5.75 Å². The van der Waals surface area contributed by atoms with Crippen LogP contribution in [-0.4, -0.2) is 28.3 Å². The highest BCUT2D eigenvalue weighted by Gasteiger charge is 2.27. The summed E-state index contributed by atoms with van der Waals surface area (Å²) in [6.45, 7) is 2.08. The average Bonchev–Trinajstić information content (AvgIpc) is 2.40. The van der Waals surface area contributed by atoms with E-state index in [1.54, 1.807) is 23.9 Å². The number of hydrogen-bond acceptors (Lipinski definition) is 5. The van der Waals surface area contributed by atoms with Gasteiger partial charge in [-0.3, -0.25) is 9.59 Å². The van der Waals surface area contributed by atoms with Crippen molar-refractivity contribution in [3.63, 3.8) is 0 Å². The number of carbonyl (C=O) groups is 2. The Morgan fingerprint density at radius 2 is 2.11 bits per heavy atom. The van der Waals surface area contributed by atoms with E-state index < -0.39 is 0 Å². The molecule has 4 nitrogen and oxygen atoms in total. The number of carbonyl (C=O) groups excluding carboxylic acids is 2. The van der Waals surface area contributed by atoms with Crippen molar-refractivity contribution in [2.24, 2.45) is 0 Å². The zero-order valence-corrected chi connectivity index (χ0v) is 11.4. The topological polar surface area (TPSA) is 66.4 Å². The summed E-state index contributed by atoms with van der Waals surface area (Å²) in [5.41, 5.74) is 0.609. The SMILES string of the molecule is CCCSCNC1=CC(=O)c2cccc(O)c2C1=O. The molecule has 0 heterocycles. The quantitative estimate of drug-likeness (QED) is 0.639. The molecule has 0 aromatic heterocycles. The Hall–Kier alpha value is -1.75. The minimum absolute atomic E-state index is 0.0954. The van der Waals surface area contributed by atoms with Crippen molar-refractivity contribution in [2.75, 3.05) is 11.6 Å². The summed E-state index contributed by atoms with van der Waals surface area (Å²) in [5.74, 6) is 0.828. The molecule has 0 atom stereocenters. The Kier molecular flexibility index (Phi) is 4.27. The molecular formula is C14H15NO3S. The maximum absolute atomic E-state index is 12.2. The van der Waals surface area contributed by atoms with Gasteiger partial charge in [-0.05, 0) is 18.2 Å². The number of rotatable bonds is 5. The fraction of sp³-hybridized carbons (Fsp3) is 0.286. The van der Waals surface area contributed by atoms with Crippen LogP contribution < -0.4 is 5.32 Å². The normalized spacial score (nSPS) is 14.1. The third-order valence-electron chi connectivity index (χ3n) is 2.77. The first kappa shape index (κ1) is 13.7. The van der Waals surface area contributed by atoms with E-state index in [4.69, 9.17) is 0 Å². The molecule has 0 unspecified atom stereocenters. The fourth-order valence-electron chi connectivity index (χ4n) is 1.87. The summed E-state index contributed by atoms with van der Waals surface area (Å²) in [6.07, 6.45) is 2.36. The van der Waals surface area contributed by atoms with Crippen molar-refractivity contribution >= 4 is 23.3 Å². The summed E-state index contributed by atoms with van der Waals surface area (Å²) in [7, 11) is 0. The Bertz CT molecular complexity index is 552. The van der Waals surface area contributed by atoms with Crippen LogP contribution >= 0.6 is 11.8 Å². The molecule has 5 heteroatoms. The van der Waals surface area contributed by atoms with Gasteiger partial charge in [0.05, 0.1) is 17.1 Å². The number of nitrogens with one attached hydrogen (secondary N) is 1. The molecule has 2 N–H and O–H groups in total. The molecule has 0 spiro atoms. The standard InChI is InChI=1S/C14H15NO3S/c1-2-6-19-8-15-10-7-12(17)9-4-3-5-11(16)13(9)14(10)18/h3-5,7,15-16H,2,6,8H2,1H3. The molecule has 0 aliphatic heterocycles. The molecule has 19 heavy (non-hydrogen) atoms. The van der Waals surface area contributed by atoms with Gasteiger partial charge in [-0.25, -0.2) is 0 Å². The maximum Gasteiger partial charge on any atom is 0.213 e. The molecule has 0 saturated heterocycles. The minimum atomic E-state index is -0.329. The van der Waals surface area contributed by atoms with E-state index in [1.807, 2.05) is 0 Å². The fourth-order valence-corrected chi connectivity index (χ4v) is 2.56. The molecule has 0 amide bonds. The van der Waals surface area contributed by atoms with Crippen LogP contribution in [0.25, 0.3) is 0 Å². The molecule has 1 aliphatic rings. The lowest BCUT2D eigenvalue weighted by atomic mass is 9.92. The third-order valence-corrected chi connectivity index (χ3v) is 3.81. The number of fused-ring (bicyclic) bond motifs is 1. The number of allylic oxidation sites excluding steroid dienone is 2. The zero-order chi connectivity index (χ0) is 13.8. The summed E-state index contributed by atoms with van der Waals surface area (Å²) in [6, 6.07) is 4.52. The first-order valence-corrected chi connectivity index (χ1v) is 7.25. The number of aromatic hydroxyl groups is 1. The molecule has 100 valence electrons. The van der Waals surface area contributed by atoms with Crippen molar-refractivity contribution in [3.8, 4) is 5.75 Å². The van der Waals surface area contributed by atoms with E-state index in [2.05, 4.69) is 12.2 Å². The van der Waals surface area contributed by atoms with Crippen molar-refractivity contribution in [1.29, 1.82) is 0 Å². The molecule has 0 radical (unpaired) electrons. The van der Waals surface area contributed by atoms with Gasteiger partial charge in [0, 0.05) is 11.6 Å². The van der Waals surface area contributed by atoms with Crippen LogP contribution in [0.5, 0.6) is 5.75 Å². The van der Waals surface area contributed by atoms with Crippen LogP contribution in [0.2, 0.25) is 0 Å². The predicted molar refractivity (Wildman–Crippen MR) is 75.6 cm³/mol. The number of hydrogen-bond donors (Lipinski definition) is 2. The highest BCUT2D eigenvalue weighted by molar-refractivity contribution is 7.99. The van der Waals surface area contributed by atoms with Gasteiger partial charge in [-0.1, -0.05) is 19.1 Å². The Labute approximate surface area is 115 Å². The molecule has 0 bridgehead atoms. The van der Waals surface area contributed by atoms with E-state index in [9.17, 15) is 14.7 Å². The average molecular weight is 277 g/mol. The molecular weight excluding hydrogens is 262 g/mol. The van der Waals surface area contributed by atoms with E-state index in [-0.39, 0.29) is 34.1 Å². The van der Waals surface area contributed by atoms with Crippen LogP contribution in [-0.2, 0) is 0 Å². The van der Waals surface area contributed by atoms with Crippen LogP contribution in [0.4, 0.5) is 0 Å². The molecule has 1 aromatic rings. The lowest BCUT2D eigenvalue weighted by Crippen LogP contribution is -2.26. The molecule has 1 aliphatic carbocycles. The minimum Gasteiger partial charge on any atom is -0.507 e. The zero-order valence-electron chi connectivity index (χ0n) is 10.6. The lowest BCUT2D eigenvalue weighted by molar-refractivity contribution is 0.0976. The number of benzene rings is 1. The third kappa shape index (κ3) is 2.81. The van der Waals surface area contributed by atoms with Crippen molar-refractivity contribution in [1.82, 2.24) is 5.32 Å². The largest absolute Gasteiger partial charge is 0.507 e. The number of ketones is 2. The first-order valence-electron chi connectivity index (χ1n) is 6.09. The summed E-state index contributed by atoms with van der Waals surface area (Å²) in [5, 5.41) is 12.7. The molecule has 0 fully saturated rings. The van der Waals surface area contributed by atoms with Crippen LogP contribution in [0.1, 0.15) is 34.1 Å². The molecule has 0 saturated carbocycles. The second-order valence-corrected chi connectivity index (χ2v) is 5.29. The number of phenols is 1. The van der Waals surface area contributed by atoms with E-state index >= 15 is 0 Å².